The molecule has 1 atom stereocenters. The van der Waals surface area contributed by atoms with Crippen LogP contribution in [-0.2, 0) is 5.41 Å². The van der Waals surface area contributed by atoms with Crippen molar-refractivity contribution in [3.8, 4) is 0 Å². The molecule has 0 bridgehead atoms. The summed E-state index contributed by atoms with van der Waals surface area (Å²) in [7, 11) is 0. The molecule has 0 aliphatic rings. The van der Waals surface area contributed by atoms with Gasteiger partial charge in [0.05, 0.1) is 18.8 Å². The summed E-state index contributed by atoms with van der Waals surface area (Å²) in [4.78, 5) is 6.48. The first kappa shape index (κ1) is 14.2. The lowest BCUT2D eigenvalue weighted by Crippen LogP contribution is -2.29. The molecule has 0 saturated heterocycles. The topological polar surface area (TPSA) is 49.5 Å². The first-order chi connectivity index (χ1) is 7.90. The fourth-order valence-electron chi connectivity index (χ4n) is 1.74. The molecule has 0 fully saturated rings. The molecule has 4 nitrogen and oxygen atoms in total. The number of aromatic nitrogens is 1. The van der Waals surface area contributed by atoms with Crippen molar-refractivity contribution in [2.24, 2.45) is 0 Å². The maximum Gasteiger partial charge on any atom is 0.211 e. The van der Waals surface area contributed by atoms with Gasteiger partial charge in [-0.15, -0.1) is 0 Å². The maximum atomic E-state index is 9.01. The Morgan fingerprint density at radius 2 is 2.12 bits per heavy atom. The average Bonchev–Trinajstić information content (AvgIpc) is 2.73. The van der Waals surface area contributed by atoms with E-state index >= 15 is 0 Å². The molecule has 1 aromatic rings. The normalized spacial score (nSPS) is 14.3. The van der Waals surface area contributed by atoms with Gasteiger partial charge < -0.3 is 9.52 Å². The summed E-state index contributed by atoms with van der Waals surface area (Å²) in [5, 5.41) is 9.01. The monoisotopic (exact) mass is 240 g/mol. The van der Waals surface area contributed by atoms with Crippen molar-refractivity contribution in [3.63, 3.8) is 0 Å². The molecule has 1 N–H and O–H groups in total. The van der Waals surface area contributed by atoms with Crippen LogP contribution >= 0.6 is 0 Å². The van der Waals surface area contributed by atoms with Gasteiger partial charge in [0.1, 0.15) is 5.76 Å². The first-order valence-corrected chi connectivity index (χ1v) is 6.21. The summed E-state index contributed by atoms with van der Waals surface area (Å²) in [5.74, 6) is 1.63. The first-order valence-electron chi connectivity index (χ1n) is 6.21. The van der Waals surface area contributed by atoms with Crippen molar-refractivity contribution in [2.75, 3.05) is 19.7 Å². The summed E-state index contributed by atoms with van der Waals surface area (Å²) in [6.07, 6.45) is 1.80. The van der Waals surface area contributed by atoms with Gasteiger partial charge in [0.25, 0.3) is 0 Å². The SMILES string of the molecule is CCN(CCO)C(C)c1ncc(C(C)(C)C)o1. The van der Waals surface area contributed by atoms with Crippen molar-refractivity contribution in [1.82, 2.24) is 9.88 Å². The van der Waals surface area contributed by atoms with Gasteiger partial charge in [-0.05, 0) is 13.5 Å². The minimum absolute atomic E-state index is 0.0149. The van der Waals surface area contributed by atoms with Gasteiger partial charge in [0, 0.05) is 12.0 Å². The molecule has 1 rings (SSSR count). The molecular formula is C13H24N2O2. The molecule has 0 aliphatic carbocycles. The van der Waals surface area contributed by atoms with Crippen LogP contribution in [-0.4, -0.2) is 34.7 Å². The maximum absolute atomic E-state index is 9.01. The van der Waals surface area contributed by atoms with E-state index in [0.717, 1.165) is 18.2 Å². The van der Waals surface area contributed by atoms with E-state index in [0.29, 0.717) is 6.54 Å². The average molecular weight is 240 g/mol. The lowest BCUT2D eigenvalue weighted by atomic mass is 9.94. The fraction of sp³-hybridized carbons (Fsp3) is 0.769. The minimum Gasteiger partial charge on any atom is -0.443 e. The van der Waals surface area contributed by atoms with Crippen molar-refractivity contribution >= 4 is 0 Å². The predicted molar refractivity (Wildman–Crippen MR) is 68.0 cm³/mol. The second-order valence-corrected chi connectivity index (χ2v) is 5.34. The van der Waals surface area contributed by atoms with Gasteiger partial charge in [-0.3, -0.25) is 4.90 Å². The van der Waals surface area contributed by atoms with Crippen molar-refractivity contribution in [3.05, 3.63) is 17.8 Å². The summed E-state index contributed by atoms with van der Waals surface area (Å²) in [5.41, 5.74) is -0.0149. The second kappa shape index (κ2) is 5.65. The molecule has 0 saturated carbocycles. The predicted octanol–water partition coefficient (Wildman–Crippen LogP) is 2.35. The van der Waals surface area contributed by atoms with Gasteiger partial charge in [-0.1, -0.05) is 27.7 Å². The Balaban J connectivity index is 2.82. The third-order valence-electron chi connectivity index (χ3n) is 2.96. The highest BCUT2D eigenvalue weighted by atomic mass is 16.4. The van der Waals surface area contributed by atoms with E-state index in [4.69, 9.17) is 9.52 Å². The molecule has 0 aliphatic heterocycles. The van der Waals surface area contributed by atoms with E-state index < -0.39 is 0 Å². The van der Waals surface area contributed by atoms with Crippen LogP contribution in [0, 0.1) is 0 Å². The number of oxazole rings is 1. The zero-order chi connectivity index (χ0) is 13.1. The van der Waals surface area contributed by atoms with Crippen LogP contribution in [0.3, 0.4) is 0 Å². The van der Waals surface area contributed by atoms with E-state index in [2.05, 4.69) is 44.5 Å². The van der Waals surface area contributed by atoms with Crippen LogP contribution in [0.25, 0.3) is 0 Å². The van der Waals surface area contributed by atoms with Crippen molar-refractivity contribution in [1.29, 1.82) is 0 Å². The Morgan fingerprint density at radius 3 is 2.53 bits per heavy atom. The lowest BCUT2D eigenvalue weighted by molar-refractivity contribution is 0.146. The Labute approximate surface area is 104 Å². The number of rotatable bonds is 5. The summed E-state index contributed by atoms with van der Waals surface area (Å²) >= 11 is 0. The third kappa shape index (κ3) is 3.54. The minimum atomic E-state index is -0.0149. The third-order valence-corrected chi connectivity index (χ3v) is 2.96. The van der Waals surface area contributed by atoms with Crippen LogP contribution in [0.4, 0.5) is 0 Å². The largest absolute Gasteiger partial charge is 0.443 e. The quantitative estimate of drug-likeness (QED) is 0.858. The molecule has 1 aromatic heterocycles. The van der Waals surface area contributed by atoms with E-state index in [1.807, 2.05) is 0 Å². The van der Waals surface area contributed by atoms with Gasteiger partial charge in [-0.2, -0.15) is 0 Å². The number of hydrogen-bond donors (Lipinski definition) is 1. The van der Waals surface area contributed by atoms with E-state index in [1.165, 1.54) is 0 Å². The Bertz CT molecular complexity index is 341. The molecule has 98 valence electrons. The number of likely N-dealkylation sites (N-methyl/N-ethyl adjacent to an activating group) is 1. The Kier molecular flexibility index (Phi) is 4.71. The summed E-state index contributed by atoms with van der Waals surface area (Å²) in [6, 6.07) is 0.100. The summed E-state index contributed by atoms with van der Waals surface area (Å²) < 4.78 is 5.80. The lowest BCUT2D eigenvalue weighted by Gasteiger charge is -2.24. The number of nitrogens with zero attached hydrogens (tertiary/aromatic N) is 2. The molecule has 0 spiro atoms. The Hall–Kier alpha value is -0.870. The molecule has 4 heteroatoms. The molecule has 0 radical (unpaired) electrons. The molecule has 1 unspecified atom stereocenters. The molecular weight excluding hydrogens is 216 g/mol. The van der Waals surface area contributed by atoms with Crippen LogP contribution in [0.15, 0.2) is 10.6 Å². The van der Waals surface area contributed by atoms with Crippen LogP contribution in [0.5, 0.6) is 0 Å². The highest BCUT2D eigenvalue weighted by Gasteiger charge is 2.23. The van der Waals surface area contributed by atoms with E-state index in [9.17, 15) is 0 Å². The zero-order valence-corrected chi connectivity index (χ0v) is 11.5. The van der Waals surface area contributed by atoms with Crippen LogP contribution in [0.2, 0.25) is 0 Å². The highest BCUT2D eigenvalue weighted by Crippen LogP contribution is 2.26. The number of aliphatic hydroxyl groups is 1. The van der Waals surface area contributed by atoms with Gasteiger partial charge in [-0.25, -0.2) is 4.98 Å². The van der Waals surface area contributed by atoms with Crippen LogP contribution < -0.4 is 0 Å². The Morgan fingerprint density at radius 1 is 1.47 bits per heavy atom. The smallest absolute Gasteiger partial charge is 0.211 e. The molecule has 0 aromatic carbocycles. The second-order valence-electron chi connectivity index (χ2n) is 5.34. The standard InChI is InChI=1S/C13H24N2O2/c1-6-15(7-8-16)10(2)12-14-9-11(17-12)13(3,4)5/h9-10,16H,6-8H2,1-5H3. The van der Waals surface area contributed by atoms with Crippen molar-refractivity contribution < 1.29 is 9.52 Å². The molecule has 1 heterocycles. The van der Waals surface area contributed by atoms with Gasteiger partial charge in [0.15, 0.2) is 0 Å². The van der Waals surface area contributed by atoms with E-state index in [1.54, 1.807) is 6.20 Å². The van der Waals surface area contributed by atoms with Crippen molar-refractivity contribution in [2.45, 2.75) is 46.1 Å². The summed E-state index contributed by atoms with van der Waals surface area (Å²) in [6.45, 7) is 12.1. The molecule has 0 amide bonds. The fourth-order valence-corrected chi connectivity index (χ4v) is 1.74. The van der Waals surface area contributed by atoms with E-state index in [-0.39, 0.29) is 18.1 Å². The van der Waals surface area contributed by atoms with Crippen LogP contribution in [0.1, 0.15) is 52.3 Å². The number of hydrogen-bond acceptors (Lipinski definition) is 4. The zero-order valence-electron chi connectivity index (χ0n) is 11.5. The van der Waals surface area contributed by atoms with Gasteiger partial charge >= 0.3 is 0 Å². The highest BCUT2D eigenvalue weighted by molar-refractivity contribution is 5.07. The van der Waals surface area contributed by atoms with Gasteiger partial charge in [0.2, 0.25) is 5.89 Å². The molecule has 17 heavy (non-hydrogen) atoms. The number of aliphatic hydroxyl groups excluding tert-OH is 1.